The van der Waals surface area contributed by atoms with Crippen LogP contribution in [0.25, 0.3) is 6.08 Å². The third kappa shape index (κ3) is 5.56. The second-order valence-corrected chi connectivity index (χ2v) is 6.23. The summed E-state index contributed by atoms with van der Waals surface area (Å²) in [6.45, 7) is -0.0340. The summed E-state index contributed by atoms with van der Waals surface area (Å²) in [5, 5.41) is 11.8. The van der Waals surface area contributed by atoms with Gasteiger partial charge in [-0.1, -0.05) is 29.8 Å². The molecule has 0 N–H and O–H groups in total. The zero-order chi connectivity index (χ0) is 17.4. The van der Waals surface area contributed by atoms with Gasteiger partial charge in [0.2, 0.25) is 0 Å². The summed E-state index contributed by atoms with van der Waals surface area (Å²) in [5.41, 5.74) is 0.655. The number of ether oxygens (including phenoxy) is 2. The monoisotopic (exact) mass is 365 g/mol. The number of nitrogens with zero attached hydrogens (tertiary/aromatic N) is 1. The lowest BCUT2D eigenvalue weighted by Crippen LogP contribution is -2.02. The van der Waals surface area contributed by atoms with Crippen LogP contribution in [0.1, 0.15) is 5.56 Å². The van der Waals surface area contributed by atoms with Crippen LogP contribution in [-0.2, 0) is 4.74 Å². The lowest BCUT2D eigenvalue weighted by atomic mass is 10.2. The number of nitro benzene ring substituents is 1. The summed E-state index contributed by atoms with van der Waals surface area (Å²) in [6.07, 6.45) is 3.80. The van der Waals surface area contributed by atoms with E-state index in [1.807, 2.05) is 36.4 Å². The molecule has 0 fully saturated rings. The molecule has 0 aliphatic heterocycles. The van der Waals surface area contributed by atoms with Crippen molar-refractivity contribution >= 4 is 35.1 Å². The van der Waals surface area contributed by atoms with E-state index in [0.717, 1.165) is 16.2 Å². The maximum Gasteiger partial charge on any atom is 0.311 e. The van der Waals surface area contributed by atoms with Crippen LogP contribution in [0.5, 0.6) is 5.75 Å². The van der Waals surface area contributed by atoms with E-state index in [4.69, 9.17) is 21.1 Å². The molecule has 0 bridgehead atoms. The normalized spacial score (nSPS) is 10.9. The molecular formula is C17H16ClNO4S. The number of benzene rings is 2. The van der Waals surface area contributed by atoms with E-state index in [1.54, 1.807) is 23.9 Å². The third-order valence-corrected chi connectivity index (χ3v) is 4.20. The molecule has 24 heavy (non-hydrogen) atoms. The first kappa shape index (κ1) is 18.3. The van der Waals surface area contributed by atoms with Crippen molar-refractivity contribution in [1.29, 1.82) is 0 Å². The van der Waals surface area contributed by atoms with Crippen LogP contribution in [-0.4, -0.2) is 24.6 Å². The lowest BCUT2D eigenvalue weighted by molar-refractivity contribution is -0.386. The van der Waals surface area contributed by atoms with Gasteiger partial charge in [0.15, 0.2) is 12.5 Å². The molecule has 126 valence electrons. The van der Waals surface area contributed by atoms with E-state index in [9.17, 15) is 10.1 Å². The average Bonchev–Trinajstić information content (AvgIpc) is 2.58. The van der Waals surface area contributed by atoms with E-state index >= 15 is 0 Å². The Kier molecular flexibility index (Phi) is 7.11. The third-order valence-electron chi connectivity index (χ3n) is 2.98. The molecule has 0 unspecified atom stereocenters. The molecule has 2 aromatic carbocycles. The van der Waals surface area contributed by atoms with Crippen LogP contribution in [0.15, 0.2) is 53.4 Å². The van der Waals surface area contributed by atoms with Crippen molar-refractivity contribution < 1.29 is 14.4 Å². The van der Waals surface area contributed by atoms with Gasteiger partial charge in [0.1, 0.15) is 0 Å². The number of hydrogen-bond donors (Lipinski definition) is 0. The number of methoxy groups -OCH3 is 1. The van der Waals surface area contributed by atoms with E-state index < -0.39 is 4.92 Å². The molecule has 2 rings (SSSR count). The zero-order valence-corrected chi connectivity index (χ0v) is 14.5. The van der Waals surface area contributed by atoms with Crippen LogP contribution in [0.3, 0.4) is 0 Å². The minimum absolute atomic E-state index is 0.0340. The molecule has 0 aliphatic carbocycles. The van der Waals surface area contributed by atoms with Gasteiger partial charge in [0.05, 0.1) is 4.92 Å². The molecule has 0 atom stereocenters. The predicted molar refractivity (Wildman–Crippen MR) is 96.8 cm³/mol. The second-order valence-electron chi connectivity index (χ2n) is 4.70. The lowest BCUT2D eigenvalue weighted by Gasteiger charge is -2.05. The van der Waals surface area contributed by atoms with Gasteiger partial charge in [0, 0.05) is 28.8 Å². The quantitative estimate of drug-likeness (QED) is 0.284. The molecule has 7 heteroatoms. The Morgan fingerprint density at radius 1 is 1.25 bits per heavy atom. The average molecular weight is 366 g/mol. The van der Waals surface area contributed by atoms with Gasteiger partial charge < -0.3 is 9.47 Å². The molecule has 0 aliphatic rings. The fourth-order valence-corrected chi connectivity index (χ4v) is 2.72. The Morgan fingerprint density at radius 3 is 2.67 bits per heavy atom. The summed E-state index contributed by atoms with van der Waals surface area (Å²) in [7, 11) is 1.46. The molecule has 0 spiro atoms. The highest BCUT2D eigenvalue weighted by Gasteiger charge is 2.15. The zero-order valence-electron chi connectivity index (χ0n) is 13.0. The van der Waals surface area contributed by atoms with Crippen molar-refractivity contribution in [3.63, 3.8) is 0 Å². The van der Waals surface area contributed by atoms with Crippen LogP contribution in [0.4, 0.5) is 5.69 Å². The molecule has 0 heterocycles. The van der Waals surface area contributed by atoms with Crippen molar-refractivity contribution in [2.45, 2.75) is 4.90 Å². The summed E-state index contributed by atoms with van der Waals surface area (Å²) in [5.74, 6) is 0.937. The molecule has 5 nitrogen and oxygen atoms in total. The maximum atomic E-state index is 11.1. The highest BCUT2D eigenvalue weighted by atomic mass is 35.5. The smallest absolute Gasteiger partial charge is 0.311 e. The fourth-order valence-electron chi connectivity index (χ4n) is 1.88. The van der Waals surface area contributed by atoms with Crippen molar-refractivity contribution in [1.82, 2.24) is 0 Å². The molecule has 0 radical (unpaired) electrons. The molecule has 0 amide bonds. The second kappa shape index (κ2) is 9.32. The Morgan fingerprint density at radius 2 is 2.00 bits per heavy atom. The molecule has 0 aromatic heterocycles. The van der Waals surface area contributed by atoms with Gasteiger partial charge in [-0.05, 0) is 35.9 Å². The van der Waals surface area contributed by atoms with Gasteiger partial charge in [-0.2, -0.15) is 0 Å². The Labute approximate surface area is 149 Å². The van der Waals surface area contributed by atoms with Gasteiger partial charge in [-0.25, -0.2) is 0 Å². The van der Waals surface area contributed by atoms with E-state index in [-0.39, 0.29) is 18.2 Å². The Balaban J connectivity index is 1.99. The minimum Gasteiger partial charge on any atom is -0.460 e. The van der Waals surface area contributed by atoms with E-state index in [2.05, 4.69) is 0 Å². The predicted octanol–water partition coefficient (Wildman–Crippen LogP) is 5.04. The van der Waals surface area contributed by atoms with Gasteiger partial charge in [-0.15, -0.1) is 11.8 Å². The van der Waals surface area contributed by atoms with Crippen LogP contribution in [0.2, 0.25) is 5.02 Å². The molecular weight excluding hydrogens is 350 g/mol. The first-order valence-electron chi connectivity index (χ1n) is 7.05. The van der Waals surface area contributed by atoms with Crippen molar-refractivity contribution in [2.75, 3.05) is 19.7 Å². The standard InChI is InChI=1S/C17H16ClNO4S/c1-22-12-23-17-9-4-13(11-16(17)19(20)21)3-2-10-24-15-7-5-14(18)6-8-15/h2-9,11H,10,12H2,1H3. The number of rotatable bonds is 8. The first-order valence-corrected chi connectivity index (χ1v) is 8.41. The fraction of sp³-hybridized carbons (Fsp3) is 0.176. The topological polar surface area (TPSA) is 61.6 Å². The van der Waals surface area contributed by atoms with Crippen molar-refractivity contribution in [2.24, 2.45) is 0 Å². The van der Waals surface area contributed by atoms with Crippen molar-refractivity contribution in [3.05, 3.63) is 69.2 Å². The van der Waals surface area contributed by atoms with Crippen LogP contribution >= 0.6 is 23.4 Å². The summed E-state index contributed by atoms with van der Waals surface area (Å²) >= 11 is 7.49. The number of nitro groups is 1. The molecule has 0 saturated carbocycles. The van der Waals surface area contributed by atoms with Gasteiger partial charge in [0.25, 0.3) is 0 Å². The summed E-state index contributed by atoms with van der Waals surface area (Å²) < 4.78 is 9.96. The highest BCUT2D eigenvalue weighted by Crippen LogP contribution is 2.28. The van der Waals surface area contributed by atoms with Crippen LogP contribution in [0, 0.1) is 10.1 Å². The Hall–Kier alpha value is -2.02. The molecule has 2 aromatic rings. The summed E-state index contributed by atoms with van der Waals surface area (Å²) in [6, 6.07) is 12.4. The van der Waals surface area contributed by atoms with Gasteiger partial charge in [-0.3, -0.25) is 10.1 Å². The number of hydrogen-bond acceptors (Lipinski definition) is 5. The van der Waals surface area contributed by atoms with E-state index in [0.29, 0.717) is 5.02 Å². The molecule has 0 saturated heterocycles. The Bertz CT molecular complexity index is 719. The largest absolute Gasteiger partial charge is 0.460 e. The summed E-state index contributed by atoms with van der Waals surface area (Å²) in [4.78, 5) is 11.8. The first-order chi connectivity index (χ1) is 11.6. The maximum absolute atomic E-state index is 11.1. The van der Waals surface area contributed by atoms with Crippen LogP contribution < -0.4 is 4.74 Å². The number of thioether (sulfide) groups is 1. The highest BCUT2D eigenvalue weighted by molar-refractivity contribution is 7.99. The van der Waals surface area contributed by atoms with Crippen molar-refractivity contribution in [3.8, 4) is 5.75 Å². The SMILES string of the molecule is COCOc1ccc(C=CCSc2ccc(Cl)cc2)cc1[N+](=O)[O-]. The van der Waals surface area contributed by atoms with Gasteiger partial charge >= 0.3 is 5.69 Å². The minimum atomic E-state index is -0.467. The van der Waals surface area contributed by atoms with E-state index in [1.165, 1.54) is 13.2 Å². The number of halogens is 1.